The van der Waals surface area contributed by atoms with E-state index in [4.69, 9.17) is 12.2 Å². The molecule has 2 aromatic rings. The third-order valence-electron chi connectivity index (χ3n) is 2.84. The van der Waals surface area contributed by atoms with Crippen LogP contribution in [0.4, 0.5) is 5.69 Å². The van der Waals surface area contributed by atoms with Crippen molar-refractivity contribution in [1.82, 2.24) is 5.32 Å². The van der Waals surface area contributed by atoms with E-state index in [9.17, 15) is 0 Å². The van der Waals surface area contributed by atoms with E-state index in [0.717, 1.165) is 23.1 Å². The fourth-order valence-corrected chi connectivity index (χ4v) is 2.73. The van der Waals surface area contributed by atoms with Gasteiger partial charge in [0.05, 0.1) is 0 Å². The first-order valence-corrected chi connectivity index (χ1v) is 7.91. The monoisotopic (exact) mass is 302 g/mol. The molecular weight excluding hydrogens is 284 g/mol. The molecular formula is C16H18N2S2. The van der Waals surface area contributed by atoms with Gasteiger partial charge < -0.3 is 10.2 Å². The van der Waals surface area contributed by atoms with Crippen molar-refractivity contribution in [3.05, 3.63) is 60.7 Å². The van der Waals surface area contributed by atoms with Crippen LogP contribution in [0.15, 0.2) is 65.6 Å². The molecule has 0 fully saturated rings. The number of rotatable bonds is 5. The number of benzene rings is 2. The third kappa shape index (κ3) is 4.54. The highest BCUT2D eigenvalue weighted by Gasteiger charge is 2.05. The molecule has 0 amide bonds. The summed E-state index contributed by atoms with van der Waals surface area (Å²) in [4.78, 5) is 3.28. The molecule has 4 heteroatoms. The number of hydrogen-bond donors (Lipinski definition) is 1. The van der Waals surface area contributed by atoms with Crippen LogP contribution in [-0.2, 0) is 0 Å². The SMILES string of the molecule is CN(C(=S)NCCSc1ccccc1)c1ccccc1. The predicted octanol–water partition coefficient (Wildman–Crippen LogP) is 3.79. The van der Waals surface area contributed by atoms with Crippen LogP contribution in [0.2, 0.25) is 0 Å². The van der Waals surface area contributed by atoms with Crippen molar-refractivity contribution < 1.29 is 0 Å². The second-order valence-electron chi connectivity index (χ2n) is 4.29. The standard InChI is InChI=1S/C16H18N2S2/c1-18(14-8-4-2-5-9-14)16(19)17-12-13-20-15-10-6-3-7-11-15/h2-11H,12-13H2,1H3,(H,17,19). The molecule has 0 atom stereocenters. The molecule has 0 saturated heterocycles. The number of para-hydroxylation sites is 1. The number of nitrogens with one attached hydrogen (secondary N) is 1. The Hall–Kier alpha value is -1.52. The van der Waals surface area contributed by atoms with Crippen LogP contribution in [0, 0.1) is 0 Å². The summed E-state index contributed by atoms with van der Waals surface area (Å²) < 4.78 is 0. The molecule has 20 heavy (non-hydrogen) atoms. The molecule has 0 aliphatic carbocycles. The minimum absolute atomic E-state index is 0.755. The molecule has 0 radical (unpaired) electrons. The van der Waals surface area contributed by atoms with Crippen LogP contribution in [-0.4, -0.2) is 24.5 Å². The Morgan fingerprint density at radius 2 is 1.65 bits per heavy atom. The van der Waals surface area contributed by atoms with E-state index in [0.29, 0.717) is 0 Å². The smallest absolute Gasteiger partial charge is 0.173 e. The molecule has 104 valence electrons. The largest absolute Gasteiger partial charge is 0.361 e. The first-order chi connectivity index (χ1) is 9.77. The Bertz CT molecular complexity index is 529. The van der Waals surface area contributed by atoms with Crippen molar-refractivity contribution in [2.75, 3.05) is 24.2 Å². The summed E-state index contributed by atoms with van der Waals surface area (Å²) in [5.41, 5.74) is 1.10. The van der Waals surface area contributed by atoms with Gasteiger partial charge in [0.25, 0.3) is 0 Å². The average molecular weight is 302 g/mol. The van der Waals surface area contributed by atoms with Gasteiger partial charge in [-0.1, -0.05) is 36.4 Å². The molecule has 0 heterocycles. The second kappa shape index (κ2) is 7.92. The highest BCUT2D eigenvalue weighted by atomic mass is 32.2. The van der Waals surface area contributed by atoms with Crippen molar-refractivity contribution in [2.45, 2.75) is 4.90 Å². The van der Waals surface area contributed by atoms with E-state index in [1.165, 1.54) is 4.90 Å². The van der Waals surface area contributed by atoms with Gasteiger partial charge >= 0.3 is 0 Å². The first-order valence-electron chi connectivity index (χ1n) is 6.52. The number of nitrogens with zero attached hydrogens (tertiary/aromatic N) is 1. The Labute approximate surface area is 130 Å². The molecule has 2 nitrogen and oxygen atoms in total. The van der Waals surface area contributed by atoms with Crippen molar-refractivity contribution in [2.24, 2.45) is 0 Å². The van der Waals surface area contributed by atoms with Crippen LogP contribution in [0.3, 0.4) is 0 Å². The highest BCUT2D eigenvalue weighted by molar-refractivity contribution is 7.99. The lowest BCUT2D eigenvalue weighted by molar-refractivity contribution is 0.965. The lowest BCUT2D eigenvalue weighted by atomic mass is 10.3. The Balaban J connectivity index is 1.73. The maximum absolute atomic E-state index is 5.39. The zero-order valence-electron chi connectivity index (χ0n) is 11.5. The van der Waals surface area contributed by atoms with Gasteiger partial charge in [0.15, 0.2) is 5.11 Å². The Kier molecular flexibility index (Phi) is 5.89. The molecule has 0 aliphatic rings. The first kappa shape index (κ1) is 14.9. The maximum Gasteiger partial charge on any atom is 0.173 e. The van der Waals surface area contributed by atoms with E-state index in [1.54, 1.807) is 0 Å². The minimum atomic E-state index is 0.755. The predicted molar refractivity (Wildman–Crippen MR) is 92.6 cm³/mol. The van der Waals surface area contributed by atoms with Crippen molar-refractivity contribution in [3.8, 4) is 0 Å². The normalized spacial score (nSPS) is 10.1. The van der Waals surface area contributed by atoms with E-state index < -0.39 is 0 Å². The Morgan fingerprint density at radius 3 is 2.30 bits per heavy atom. The van der Waals surface area contributed by atoms with Crippen molar-refractivity contribution in [3.63, 3.8) is 0 Å². The lowest BCUT2D eigenvalue weighted by Crippen LogP contribution is -2.38. The van der Waals surface area contributed by atoms with Crippen LogP contribution in [0.1, 0.15) is 0 Å². The number of anilines is 1. The molecule has 0 aromatic heterocycles. The summed E-state index contributed by atoms with van der Waals surface area (Å²) in [5, 5.41) is 4.04. The van der Waals surface area contributed by atoms with E-state index >= 15 is 0 Å². The van der Waals surface area contributed by atoms with Gasteiger partial charge in [-0.3, -0.25) is 0 Å². The fraction of sp³-hybridized carbons (Fsp3) is 0.188. The van der Waals surface area contributed by atoms with Gasteiger partial charge in [0.1, 0.15) is 0 Å². The van der Waals surface area contributed by atoms with Crippen LogP contribution in [0.5, 0.6) is 0 Å². The van der Waals surface area contributed by atoms with Crippen LogP contribution >= 0.6 is 24.0 Å². The van der Waals surface area contributed by atoms with Gasteiger partial charge in [-0.15, -0.1) is 11.8 Å². The molecule has 0 aliphatic heterocycles. The van der Waals surface area contributed by atoms with E-state index in [1.807, 2.05) is 60.1 Å². The highest BCUT2D eigenvalue weighted by Crippen LogP contribution is 2.16. The summed E-state index contributed by atoms with van der Waals surface area (Å²) in [6.07, 6.45) is 0. The Morgan fingerprint density at radius 1 is 1.05 bits per heavy atom. The van der Waals surface area contributed by atoms with Gasteiger partial charge in [-0.2, -0.15) is 0 Å². The molecule has 0 spiro atoms. The lowest BCUT2D eigenvalue weighted by Gasteiger charge is -2.21. The summed E-state index contributed by atoms with van der Waals surface area (Å²) in [7, 11) is 1.98. The van der Waals surface area contributed by atoms with Gasteiger partial charge in [0.2, 0.25) is 0 Å². The van der Waals surface area contributed by atoms with Gasteiger partial charge in [-0.05, 0) is 36.5 Å². The number of thioether (sulfide) groups is 1. The average Bonchev–Trinajstić information content (AvgIpc) is 2.52. The summed E-state index contributed by atoms with van der Waals surface area (Å²) in [6.45, 7) is 0.857. The molecule has 0 saturated carbocycles. The molecule has 2 rings (SSSR count). The molecule has 1 N–H and O–H groups in total. The third-order valence-corrected chi connectivity index (χ3v) is 4.27. The van der Waals surface area contributed by atoms with Crippen LogP contribution < -0.4 is 10.2 Å². The summed E-state index contributed by atoms with van der Waals surface area (Å²) >= 11 is 7.22. The zero-order chi connectivity index (χ0) is 14.2. The van der Waals surface area contributed by atoms with Gasteiger partial charge in [0, 0.05) is 29.9 Å². The van der Waals surface area contributed by atoms with Crippen molar-refractivity contribution >= 4 is 34.8 Å². The van der Waals surface area contributed by atoms with Crippen molar-refractivity contribution in [1.29, 1.82) is 0 Å². The quantitative estimate of drug-likeness (QED) is 0.513. The van der Waals surface area contributed by atoms with Gasteiger partial charge in [-0.25, -0.2) is 0 Å². The zero-order valence-corrected chi connectivity index (χ0v) is 13.1. The fourth-order valence-electron chi connectivity index (χ4n) is 1.73. The topological polar surface area (TPSA) is 15.3 Å². The summed E-state index contributed by atoms with van der Waals surface area (Å²) in [5.74, 6) is 0.993. The summed E-state index contributed by atoms with van der Waals surface area (Å²) in [6, 6.07) is 20.5. The number of hydrogen-bond acceptors (Lipinski definition) is 2. The second-order valence-corrected chi connectivity index (χ2v) is 5.84. The van der Waals surface area contributed by atoms with E-state index in [2.05, 4.69) is 29.6 Å². The maximum atomic E-state index is 5.39. The molecule has 0 unspecified atom stereocenters. The minimum Gasteiger partial charge on any atom is -0.361 e. The van der Waals surface area contributed by atoms with Crippen LogP contribution in [0.25, 0.3) is 0 Å². The number of thiocarbonyl (C=S) groups is 1. The molecule has 0 bridgehead atoms. The van der Waals surface area contributed by atoms with E-state index in [-0.39, 0.29) is 0 Å². The molecule has 2 aromatic carbocycles.